The molecule has 1 atom stereocenters. The van der Waals surface area contributed by atoms with Gasteiger partial charge < -0.3 is 15.0 Å². The van der Waals surface area contributed by atoms with Crippen LogP contribution in [-0.4, -0.2) is 31.7 Å². The predicted octanol–water partition coefficient (Wildman–Crippen LogP) is 7.43. The number of nitrogens with one attached hydrogen (secondary N) is 1. The topological polar surface area (TPSA) is 80.0 Å². The zero-order valence-electron chi connectivity index (χ0n) is 20.8. The highest BCUT2D eigenvalue weighted by atomic mass is 35.5. The zero-order chi connectivity index (χ0) is 27.2. The Morgan fingerprint density at radius 2 is 1.87 bits per heavy atom. The lowest BCUT2D eigenvalue weighted by molar-refractivity contribution is -0.137. The monoisotopic (exact) mass is 542 g/mol. The van der Waals surface area contributed by atoms with Crippen LogP contribution in [0.2, 0.25) is 5.02 Å². The smallest absolute Gasteiger partial charge is 0.416 e. The molecule has 0 saturated heterocycles. The van der Waals surface area contributed by atoms with Crippen molar-refractivity contribution in [1.82, 2.24) is 14.5 Å². The molecule has 4 aromatic rings. The van der Waals surface area contributed by atoms with Crippen molar-refractivity contribution >= 4 is 34.4 Å². The number of aryl methyl sites for hydroxylation is 1. The van der Waals surface area contributed by atoms with E-state index < -0.39 is 17.7 Å². The summed E-state index contributed by atoms with van der Waals surface area (Å²) in [5, 5.41) is 13.6. The van der Waals surface area contributed by atoms with Gasteiger partial charge in [0.1, 0.15) is 5.52 Å². The van der Waals surface area contributed by atoms with Gasteiger partial charge in [0.15, 0.2) is 5.82 Å². The van der Waals surface area contributed by atoms with Crippen molar-refractivity contribution in [2.45, 2.75) is 51.9 Å². The van der Waals surface area contributed by atoms with Gasteiger partial charge in [0, 0.05) is 23.2 Å². The average molecular weight is 543 g/mol. The Balaban J connectivity index is 1.71. The number of fused-ring (bicyclic) bond motifs is 1. The van der Waals surface area contributed by atoms with Crippen LogP contribution in [0.15, 0.2) is 48.5 Å². The van der Waals surface area contributed by atoms with E-state index in [4.69, 9.17) is 11.6 Å². The molecule has 5 rings (SSSR count). The second-order valence-corrected chi connectivity index (χ2v) is 10.3. The van der Waals surface area contributed by atoms with Crippen LogP contribution in [0.5, 0.6) is 0 Å². The molecule has 2 aromatic carbocycles. The summed E-state index contributed by atoms with van der Waals surface area (Å²) < 4.78 is 41.4. The van der Waals surface area contributed by atoms with Crippen molar-refractivity contribution in [1.29, 1.82) is 0 Å². The highest BCUT2D eigenvalue weighted by molar-refractivity contribution is 6.33. The molecule has 1 aliphatic rings. The first-order valence-electron chi connectivity index (χ1n) is 12.3. The summed E-state index contributed by atoms with van der Waals surface area (Å²) in [5.41, 5.74) is 3.18. The minimum atomic E-state index is -4.44. The van der Waals surface area contributed by atoms with Gasteiger partial charge in [-0.1, -0.05) is 41.8 Å². The molecule has 38 heavy (non-hydrogen) atoms. The Bertz CT molecular complexity index is 1510. The summed E-state index contributed by atoms with van der Waals surface area (Å²) in [5.74, 6) is -0.780. The summed E-state index contributed by atoms with van der Waals surface area (Å²) >= 11 is 6.59. The number of benzene rings is 2. The Hall–Kier alpha value is -3.59. The lowest BCUT2D eigenvalue weighted by Crippen LogP contribution is -2.31. The summed E-state index contributed by atoms with van der Waals surface area (Å²) in [6.07, 6.45) is -1.14. The molecule has 0 radical (unpaired) electrons. The van der Waals surface area contributed by atoms with Gasteiger partial charge in [-0.05, 0) is 68.5 Å². The SMILES string of the molecule is Cc1ccc(Cl)c(-c2cc3nc(C(=O)O)nc(NC(C)C4CCC4)c3n2Cc2ccc(C(F)(F)F)cc2)c1. The standard InChI is InChI=1S/C28H26ClF3N4O2/c1-15-6-11-21(29)20(12-15)23-13-22-24(36(23)14-17-7-9-19(10-8-17)28(30,31)32)25(35-26(34-22)27(37)38)33-16(2)18-4-3-5-18/h6-13,16,18H,3-5,14H2,1-2H3,(H,37,38)(H,33,34,35). The maximum absolute atomic E-state index is 13.2. The number of hydrogen-bond donors (Lipinski definition) is 2. The van der Waals surface area contributed by atoms with Gasteiger partial charge in [-0.3, -0.25) is 0 Å². The third-order valence-electron chi connectivity index (χ3n) is 7.18. The fourth-order valence-corrected chi connectivity index (χ4v) is 5.06. The van der Waals surface area contributed by atoms with E-state index in [1.54, 1.807) is 12.1 Å². The van der Waals surface area contributed by atoms with E-state index in [-0.39, 0.29) is 18.4 Å². The van der Waals surface area contributed by atoms with E-state index in [1.807, 2.05) is 30.5 Å². The van der Waals surface area contributed by atoms with Gasteiger partial charge in [-0.15, -0.1) is 0 Å². The van der Waals surface area contributed by atoms with Crippen molar-refractivity contribution in [3.05, 3.63) is 76.1 Å². The van der Waals surface area contributed by atoms with E-state index in [0.717, 1.165) is 37.0 Å². The number of alkyl halides is 3. The number of aromatic carboxylic acids is 1. The molecule has 2 N–H and O–H groups in total. The molecule has 1 aliphatic carbocycles. The third kappa shape index (κ3) is 5.07. The van der Waals surface area contributed by atoms with Crippen LogP contribution in [0.25, 0.3) is 22.3 Å². The number of carboxylic acids is 1. The first kappa shape index (κ1) is 26.0. The van der Waals surface area contributed by atoms with Gasteiger partial charge in [-0.25, -0.2) is 14.8 Å². The van der Waals surface area contributed by atoms with Crippen LogP contribution in [0, 0.1) is 12.8 Å². The van der Waals surface area contributed by atoms with Gasteiger partial charge in [-0.2, -0.15) is 13.2 Å². The van der Waals surface area contributed by atoms with E-state index in [0.29, 0.717) is 44.6 Å². The molecular weight excluding hydrogens is 517 g/mol. The predicted molar refractivity (Wildman–Crippen MR) is 141 cm³/mol. The lowest BCUT2D eigenvalue weighted by Gasteiger charge is -2.32. The second kappa shape index (κ2) is 9.94. The van der Waals surface area contributed by atoms with Gasteiger partial charge in [0.05, 0.1) is 16.8 Å². The molecule has 198 valence electrons. The highest BCUT2D eigenvalue weighted by Crippen LogP contribution is 2.38. The molecule has 6 nitrogen and oxygen atoms in total. The van der Waals surface area contributed by atoms with Crippen molar-refractivity contribution < 1.29 is 23.1 Å². The lowest BCUT2D eigenvalue weighted by atomic mass is 9.80. The number of nitrogens with zero attached hydrogens (tertiary/aromatic N) is 3. The molecule has 1 fully saturated rings. The maximum atomic E-state index is 13.2. The summed E-state index contributed by atoms with van der Waals surface area (Å²) in [4.78, 5) is 20.5. The van der Waals surface area contributed by atoms with Crippen LogP contribution >= 0.6 is 11.6 Å². The molecular formula is C28H26ClF3N4O2. The Kier molecular flexibility index (Phi) is 6.81. The van der Waals surface area contributed by atoms with Crippen molar-refractivity contribution in [2.75, 3.05) is 5.32 Å². The first-order chi connectivity index (χ1) is 18.0. The minimum absolute atomic E-state index is 0.0453. The Morgan fingerprint density at radius 1 is 1.16 bits per heavy atom. The van der Waals surface area contributed by atoms with Crippen molar-refractivity contribution in [3.8, 4) is 11.3 Å². The Labute approximate surface area is 222 Å². The maximum Gasteiger partial charge on any atom is 0.416 e. The molecule has 0 aliphatic heterocycles. The molecule has 0 amide bonds. The van der Waals surface area contributed by atoms with Crippen molar-refractivity contribution in [2.24, 2.45) is 5.92 Å². The highest BCUT2D eigenvalue weighted by Gasteiger charge is 2.30. The number of aromatic nitrogens is 3. The number of carbonyl (C=O) groups is 1. The third-order valence-corrected chi connectivity index (χ3v) is 7.51. The van der Waals surface area contributed by atoms with Gasteiger partial charge in [0.2, 0.25) is 5.82 Å². The molecule has 1 saturated carbocycles. The van der Waals surface area contributed by atoms with Crippen LogP contribution in [0.3, 0.4) is 0 Å². The number of rotatable bonds is 7. The van der Waals surface area contributed by atoms with Crippen LogP contribution < -0.4 is 5.32 Å². The molecule has 2 heterocycles. The van der Waals surface area contributed by atoms with Crippen LogP contribution in [0.1, 0.15) is 53.5 Å². The van der Waals surface area contributed by atoms with E-state index >= 15 is 0 Å². The van der Waals surface area contributed by atoms with Gasteiger partial charge >= 0.3 is 12.1 Å². The average Bonchev–Trinajstić information content (AvgIpc) is 3.17. The normalized spacial score (nSPS) is 14.9. The minimum Gasteiger partial charge on any atom is -0.475 e. The molecule has 10 heteroatoms. The second-order valence-electron chi connectivity index (χ2n) is 9.85. The fourth-order valence-electron chi connectivity index (χ4n) is 4.84. The molecule has 0 spiro atoms. The summed E-state index contributed by atoms with van der Waals surface area (Å²) in [6.45, 7) is 4.17. The van der Waals surface area contributed by atoms with Crippen LogP contribution in [-0.2, 0) is 12.7 Å². The number of anilines is 1. The van der Waals surface area contributed by atoms with E-state index in [2.05, 4.69) is 15.3 Å². The van der Waals surface area contributed by atoms with Crippen LogP contribution in [0.4, 0.5) is 19.0 Å². The molecule has 1 unspecified atom stereocenters. The fraction of sp³-hybridized carbons (Fsp3) is 0.321. The summed E-state index contributed by atoms with van der Waals surface area (Å²) in [6, 6.07) is 12.4. The number of hydrogen-bond acceptors (Lipinski definition) is 4. The van der Waals surface area contributed by atoms with E-state index in [1.165, 1.54) is 12.1 Å². The summed E-state index contributed by atoms with van der Waals surface area (Å²) in [7, 11) is 0. The zero-order valence-corrected chi connectivity index (χ0v) is 21.6. The van der Waals surface area contributed by atoms with Gasteiger partial charge in [0.25, 0.3) is 0 Å². The molecule has 2 aromatic heterocycles. The quantitative estimate of drug-likeness (QED) is 0.254. The Morgan fingerprint density at radius 3 is 2.47 bits per heavy atom. The number of carboxylic acid groups (broad SMARTS) is 1. The van der Waals surface area contributed by atoms with E-state index in [9.17, 15) is 23.1 Å². The largest absolute Gasteiger partial charge is 0.475 e. The van der Waals surface area contributed by atoms with Crippen molar-refractivity contribution in [3.63, 3.8) is 0 Å². The molecule has 0 bridgehead atoms. The first-order valence-corrected chi connectivity index (χ1v) is 12.7. The number of halogens is 4.